The van der Waals surface area contributed by atoms with Crippen LogP contribution < -0.4 is 0 Å². The van der Waals surface area contributed by atoms with Crippen LogP contribution in [0.2, 0.25) is 0 Å². The fourth-order valence-corrected chi connectivity index (χ4v) is 1.76. The Labute approximate surface area is 169 Å². The Balaban J connectivity index is 0.000000339. The van der Waals surface area contributed by atoms with Crippen LogP contribution in [0.15, 0.2) is 89.2 Å². The average Bonchev–Trinajstić information content (AvgIpc) is 2.71. The molecule has 3 nitrogen and oxygen atoms in total. The smallest absolute Gasteiger partial charge is 0.101 e. The molecule has 0 unspecified atom stereocenters. The van der Waals surface area contributed by atoms with E-state index in [2.05, 4.69) is 17.2 Å². The molecule has 0 atom stereocenters. The van der Waals surface area contributed by atoms with E-state index in [0.717, 1.165) is 36.5 Å². The van der Waals surface area contributed by atoms with Gasteiger partial charge in [-0.3, -0.25) is 0 Å². The molecule has 3 rings (SSSR count). The van der Waals surface area contributed by atoms with Crippen molar-refractivity contribution in [1.82, 2.24) is 0 Å². The second-order valence-corrected chi connectivity index (χ2v) is 4.74. The summed E-state index contributed by atoms with van der Waals surface area (Å²) in [4.78, 5) is 0. The van der Waals surface area contributed by atoms with Gasteiger partial charge in [-0.2, -0.15) is 0 Å². The first-order chi connectivity index (χ1) is 11.8. The fraction of sp³-hybridized carbons (Fsp3) is 0.286. The fourth-order valence-electron chi connectivity index (χ4n) is 1.76. The minimum atomic E-state index is 0. The molecular formula is C21H24InO3. The summed E-state index contributed by atoms with van der Waals surface area (Å²) in [7, 11) is 5.04. The third-order valence-electron chi connectivity index (χ3n) is 3.15. The number of allylic oxidation sites excluding steroid dienone is 6. The Morgan fingerprint density at radius 1 is 0.600 bits per heavy atom. The Morgan fingerprint density at radius 3 is 1.00 bits per heavy atom. The van der Waals surface area contributed by atoms with Crippen LogP contribution in [0.4, 0.5) is 0 Å². The zero-order valence-corrected chi connectivity index (χ0v) is 18.4. The molecule has 4 heteroatoms. The summed E-state index contributed by atoms with van der Waals surface area (Å²) in [6, 6.07) is 0. The van der Waals surface area contributed by atoms with Gasteiger partial charge in [-0.05, 0) is 54.7 Å². The second kappa shape index (κ2) is 15.6. The number of ether oxygens (including phenoxy) is 3. The molecule has 0 aromatic carbocycles. The number of rotatable bonds is 3. The third kappa shape index (κ3) is 11.3. The van der Waals surface area contributed by atoms with Gasteiger partial charge in [-0.1, -0.05) is 0 Å². The SMILES string of the molecule is COC1=CC=C=CC1.COC1=CC=C=CC1.COC1=CC=C=CC1.[In]. The molecule has 0 fully saturated rings. The summed E-state index contributed by atoms with van der Waals surface area (Å²) in [5, 5.41) is 0. The van der Waals surface area contributed by atoms with Crippen LogP contribution in [0.5, 0.6) is 0 Å². The molecule has 0 saturated carbocycles. The Kier molecular flexibility index (Phi) is 14.4. The van der Waals surface area contributed by atoms with Crippen molar-refractivity contribution in [3.05, 3.63) is 89.2 Å². The Hall–Kier alpha value is -1.95. The van der Waals surface area contributed by atoms with Gasteiger partial charge >= 0.3 is 0 Å². The average molecular weight is 439 g/mol. The Bertz CT molecular complexity index is 579. The predicted octanol–water partition coefficient (Wildman–Crippen LogP) is 4.51. The molecular weight excluding hydrogens is 415 g/mol. The van der Waals surface area contributed by atoms with Gasteiger partial charge in [0.05, 0.1) is 21.3 Å². The number of hydrogen-bond donors (Lipinski definition) is 0. The van der Waals surface area contributed by atoms with Gasteiger partial charge in [-0.15, -0.1) is 17.2 Å². The summed E-state index contributed by atoms with van der Waals surface area (Å²) in [5.74, 6) is 3.01. The minimum absolute atomic E-state index is 0. The van der Waals surface area contributed by atoms with E-state index in [1.165, 1.54) is 0 Å². The van der Waals surface area contributed by atoms with Gasteiger partial charge in [0.15, 0.2) is 0 Å². The molecule has 3 aliphatic carbocycles. The van der Waals surface area contributed by atoms with Crippen molar-refractivity contribution in [3.8, 4) is 0 Å². The maximum Gasteiger partial charge on any atom is 0.101 e. The van der Waals surface area contributed by atoms with E-state index >= 15 is 0 Å². The van der Waals surface area contributed by atoms with Crippen LogP contribution in [-0.4, -0.2) is 47.2 Å². The molecule has 0 heterocycles. The molecule has 0 amide bonds. The van der Waals surface area contributed by atoms with Gasteiger partial charge in [0, 0.05) is 45.1 Å². The summed E-state index contributed by atoms with van der Waals surface area (Å²) >= 11 is 0. The Morgan fingerprint density at radius 2 is 0.880 bits per heavy atom. The van der Waals surface area contributed by atoms with E-state index in [-0.39, 0.29) is 25.8 Å². The van der Waals surface area contributed by atoms with Crippen molar-refractivity contribution >= 4 is 25.8 Å². The third-order valence-corrected chi connectivity index (χ3v) is 3.15. The van der Waals surface area contributed by atoms with Crippen LogP contribution >= 0.6 is 0 Å². The zero-order chi connectivity index (χ0) is 17.5. The molecule has 0 aliphatic heterocycles. The first-order valence-electron chi connectivity index (χ1n) is 7.72. The van der Waals surface area contributed by atoms with E-state index in [1.54, 1.807) is 21.3 Å². The second-order valence-electron chi connectivity index (χ2n) is 4.74. The van der Waals surface area contributed by atoms with E-state index in [0.29, 0.717) is 0 Å². The van der Waals surface area contributed by atoms with Crippen molar-refractivity contribution in [1.29, 1.82) is 0 Å². The van der Waals surface area contributed by atoms with Gasteiger partial charge < -0.3 is 14.2 Å². The van der Waals surface area contributed by atoms with Crippen LogP contribution in [0.25, 0.3) is 0 Å². The van der Waals surface area contributed by atoms with Gasteiger partial charge in [0.25, 0.3) is 0 Å². The van der Waals surface area contributed by atoms with Crippen molar-refractivity contribution in [2.45, 2.75) is 19.3 Å². The monoisotopic (exact) mass is 439 g/mol. The van der Waals surface area contributed by atoms with E-state index < -0.39 is 0 Å². The van der Waals surface area contributed by atoms with Crippen LogP contribution in [-0.2, 0) is 14.2 Å². The summed E-state index contributed by atoms with van der Waals surface area (Å²) in [6.07, 6.45) is 19.8. The summed E-state index contributed by atoms with van der Waals surface area (Å²) < 4.78 is 14.8. The molecule has 0 spiro atoms. The molecule has 0 N–H and O–H groups in total. The zero-order valence-electron chi connectivity index (χ0n) is 15.1. The van der Waals surface area contributed by atoms with Crippen LogP contribution in [0.3, 0.4) is 0 Å². The molecule has 0 aromatic heterocycles. The quantitative estimate of drug-likeness (QED) is 0.606. The van der Waals surface area contributed by atoms with Gasteiger partial charge in [-0.25, -0.2) is 0 Å². The van der Waals surface area contributed by atoms with Crippen molar-refractivity contribution in [3.63, 3.8) is 0 Å². The molecule has 0 bridgehead atoms. The van der Waals surface area contributed by atoms with E-state index in [1.807, 2.05) is 54.7 Å². The molecule has 3 aliphatic rings. The van der Waals surface area contributed by atoms with Crippen LogP contribution in [0.1, 0.15) is 19.3 Å². The predicted molar refractivity (Wildman–Crippen MR) is 103 cm³/mol. The standard InChI is InChI=1S/3C7H8O.In/c3*1-8-7-5-3-2-4-6-7;/h3*3-5H,6H2,1H3;. The maximum absolute atomic E-state index is 4.95. The molecule has 129 valence electrons. The number of hydrogen-bond acceptors (Lipinski definition) is 3. The minimum Gasteiger partial charge on any atom is -0.501 e. The van der Waals surface area contributed by atoms with E-state index in [9.17, 15) is 0 Å². The van der Waals surface area contributed by atoms with Crippen LogP contribution in [0, 0.1) is 0 Å². The molecule has 0 saturated heterocycles. The molecule has 3 radical (unpaired) electrons. The van der Waals surface area contributed by atoms with E-state index in [4.69, 9.17) is 14.2 Å². The molecule has 0 aromatic rings. The molecule has 25 heavy (non-hydrogen) atoms. The van der Waals surface area contributed by atoms with Crippen molar-refractivity contribution in [2.75, 3.05) is 21.3 Å². The van der Waals surface area contributed by atoms with Gasteiger partial charge in [0.1, 0.15) is 17.3 Å². The largest absolute Gasteiger partial charge is 0.501 e. The number of methoxy groups -OCH3 is 3. The van der Waals surface area contributed by atoms with Gasteiger partial charge in [0.2, 0.25) is 0 Å². The van der Waals surface area contributed by atoms with Crippen molar-refractivity contribution in [2.24, 2.45) is 0 Å². The first-order valence-corrected chi connectivity index (χ1v) is 7.72. The first kappa shape index (κ1) is 23.1. The summed E-state index contributed by atoms with van der Waals surface area (Å²) in [6.45, 7) is 0. The summed E-state index contributed by atoms with van der Waals surface area (Å²) in [5.41, 5.74) is 8.83. The maximum atomic E-state index is 4.95. The topological polar surface area (TPSA) is 27.7 Å². The van der Waals surface area contributed by atoms with Crippen molar-refractivity contribution < 1.29 is 14.2 Å². The normalized spacial score (nSPS) is 15.2.